The van der Waals surface area contributed by atoms with E-state index >= 15 is 0 Å². The summed E-state index contributed by atoms with van der Waals surface area (Å²) in [4.78, 5) is 4.42. The minimum Gasteiger partial charge on any atom is -0.496 e. The van der Waals surface area contributed by atoms with Crippen LogP contribution in [0.25, 0.3) is 0 Å². The zero-order valence-corrected chi connectivity index (χ0v) is 17.7. The second-order valence-electron chi connectivity index (χ2n) is 7.58. The van der Waals surface area contributed by atoms with Gasteiger partial charge in [-0.05, 0) is 75.4 Å². The molecule has 0 bridgehead atoms. The highest BCUT2D eigenvalue weighted by atomic mass is 16.5. The van der Waals surface area contributed by atoms with E-state index in [0.29, 0.717) is 0 Å². The predicted octanol–water partition coefficient (Wildman–Crippen LogP) is 3.50. The molecular weight excluding hydrogens is 336 g/mol. The van der Waals surface area contributed by atoms with E-state index in [9.17, 15) is 0 Å². The van der Waals surface area contributed by atoms with E-state index in [1.165, 1.54) is 22.3 Å². The molecule has 0 unspecified atom stereocenters. The van der Waals surface area contributed by atoms with Gasteiger partial charge in [0.25, 0.3) is 0 Å². The number of rotatable bonds is 10. The Morgan fingerprint density at radius 1 is 0.667 bits per heavy atom. The third-order valence-corrected chi connectivity index (χ3v) is 4.77. The average Bonchev–Trinajstić information content (AvgIpc) is 2.65. The second kappa shape index (κ2) is 10.3. The van der Waals surface area contributed by atoms with E-state index in [1.807, 2.05) is 0 Å². The zero-order chi connectivity index (χ0) is 19.8. The largest absolute Gasteiger partial charge is 0.496 e. The highest BCUT2D eigenvalue weighted by Crippen LogP contribution is 2.28. The minimum atomic E-state index is 0.804. The van der Waals surface area contributed by atoms with Crippen molar-refractivity contribution in [1.29, 1.82) is 0 Å². The molecule has 0 aliphatic carbocycles. The predicted molar refractivity (Wildman–Crippen MR) is 113 cm³/mol. The highest BCUT2D eigenvalue weighted by Gasteiger charge is 2.11. The van der Waals surface area contributed by atoms with Crippen molar-refractivity contribution in [3.8, 4) is 11.5 Å². The van der Waals surface area contributed by atoms with Crippen LogP contribution in [0.5, 0.6) is 11.5 Å². The fourth-order valence-electron chi connectivity index (χ4n) is 3.16. The van der Waals surface area contributed by atoms with Gasteiger partial charge in [-0.3, -0.25) is 0 Å². The SMILES string of the molecule is COc1ccc(CCN(C)C)cc1Cc1cc(CCN(C)C)ccc1OC. The van der Waals surface area contributed by atoms with Crippen molar-refractivity contribution in [3.63, 3.8) is 0 Å². The molecule has 0 saturated heterocycles. The Kier molecular flexibility index (Phi) is 8.14. The molecule has 0 atom stereocenters. The van der Waals surface area contributed by atoms with Gasteiger partial charge in [0.15, 0.2) is 0 Å². The Morgan fingerprint density at radius 2 is 1.07 bits per heavy atom. The summed E-state index contributed by atoms with van der Waals surface area (Å²) in [7, 11) is 11.9. The Hall–Kier alpha value is -2.04. The van der Waals surface area contributed by atoms with E-state index in [0.717, 1.165) is 43.9 Å². The molecule has 2 aromatic carbocycles. The van der Waals surface area contributed by atoms with E-state index in [4.69, 9.17) is 9.47 Å². The van der Waals surface area contributed by atoms with Crippen molar-refractivity contribution in [3.05, 3.63) is 58.7 Å². The first kappa shape index (κ1) is 21.3. The maximum Gasteiger partial charge on any atom is 0.122 e. The third kappa shape index (κ3) is 6.56. The van der Waals surface area contributed by atoms with Gasteiger partial charge >= 0.3 is 0 Å². The van der Waals surface area contributed by atoms with Gasteiger partial charge in [0.1, 0.15) is 11.5 Å². The first-order valence-electron chi connectivity index (χ1n) is 9.54. The fraction of sp³-hybridized carbons (Fsp3) is 0.478. The maximum atomic E-state index is 5.62. The van der Waals surface area contributed by atoms with Crippen molar-refractivity contribution >= 4 is 0 Å². The highest BCUT2D eigenvalue weighted by molar-refractivity contribution is 5.45. The topological polar surface area (TPSA) is 24.9 Å². The van der Waals surface area contributed by atoms with Crippen LogP contribution in [0.4, 0.5) is 0 Å². The lowest BCUT2D eigenvalue weighted by molar-refractivity contribution is 0.403. The molecule has 27 heavy (non-hydrogen) atoms. The molecule has 4 heteroatoms. The molecule has 0 radical (unpaired) electrons. The molecule has 2 aromatic rings. The molecule has 0 amide bonds. The lowest BCUT2D eigenvalue weighted by atomic mass is 9.97. The van der Waals surface area contributed by atoms with Gasteiger partial charge in [0.2, 0.25) is 0 Å². The third-order valence-electron chi connectivity index (χ3n) is 4.77. The van der Waals surface area contributed by atoms with E-state index in [1.54, 1.807) is 14.2 Å². The van der Waals surface area contributed by atoms with Crippen LogP contribution >= 0.6 is 0 Å². The van der Waals surface area contributed by atoms with Crippen molar-refractivity contribution < 1.29 is 9.47 Å². The van der Waals surface area contributed by atoms with Crippen LogP contribution in [0, 0.1) is 0 Å². The average molecular weight is 371 g/mol. The number of benzene rings is 2. The van der Waals surface area contributed by atoms with Crippen LogP contribution in [0.3, 0.4) is 0 Å². The normalized spacial score (nSPS) is 11.3. The van der Waals surface area contributed by atoms with Crippen LogP contribution < -0.4 is 9.47 Å². The van der Waals surface area contributed by atoms with Crippen LogP contribution in [0.15, 0.2) is 36.4 Å². The van der Waals surface area contributed by atoms with Crippen molar-refractivity contribution in [2.75, 3.05) is 55.5 Å². The summed E-state index contributed by atoms with van der Waals surface area (Å²) in [5, 5.41) is 0. The summed E-state index contributed by atoms with van der Waals surface area (Å²) in [5.74, 6) is 1.87. The Labute approximate surface area is 164 Å². The molecule has 0 N–H and O–H groups in total. The lowest BCUT2D eigenvalue weighted by Crippen LogP contribution is -2.15. The molecule has 0 spiro atoms. The summed E-state index contributed by atoms with van der Waals surface area (Å²) in [5.41, 5.74) is 5.08. The summed E-state index contributed by atoms with van der Waals surface area (Å²) in [6.07, 6.45) is 2.87. The quantitative estimate of drug-likeness (QED) is 0.639. The van der Waals surface area contributed by atoms with Crippen LogP contribution in [-0.2, 0) is 19.3 Å². The number of hydrogen-bond acceptors (Lipinski definition) is 4. The molecule has 0 aromatic heterocycles. The molecule has 0 fully saturated rings. The number of nitrogens with zero attached hydrogens (tertiary/aromatic N) is 2. The Bertz CT molecular complexity index is 665. The number of ether oxygens (including phenoxy) is 2. The van der Waals surface area contributed by atoms with Gasteiger partial charge in [-0.25, -0.2) is 0 Å². The zero-order valence-electron chi connectivity index (χ0n) is 17.7. The molecule has 0 saturated carbocycles. The van der Waals surface area contributed by atoms with Gasteiger partial charge < -0.3 is 19.3 Å². The smallest absolute Gasteiger partial charge is 0.122 e. The first-order valence-corrected chi connectivity index (χ1v) is 9.54. The lowest BCUT2D eigenvalue weighted by Gasteiger charge is -2.16. The van der Waals surface area contributed by atoms with Crippen molar-refractivity contribution in [2.24, 2.45) is 0 Å². The number of hydrogen-bond donors (Lipinski definition) is 0. The molecule has 0 aliphatic rings. The van der Waals surface area contributed by atoms with E-state index in [2.05, 4.69) is 74.4 Å². The van der Waals surface area contributed by atoms with E-state index in [-0.39, 0.29) is 0 Å². The first-order chi connectivity index (χ1) is 12.9. The van der Waals surface area contributed by atoms with Crippen LogP contribution in [0.2, 0.25) is 0 Å². The number of methoxy groups -OCH3 is 2. The molecule has 0 aliphatic heterocycles. The molecule has 148 valence electrons. The molecule has 2 rings (SSSR count). The van der Waals surface area contributed by atoms with E-state index < -0.39 is 0 Å². The van der Waals surface area contributed by atoms with Crippen LogP contribution in [-0.4, -0.2) is 65.3 Å². The fourth-order valence-corrected chi connectivity index (χ4v) is 3.16. The van der Waals surface area contributed by atoms with Gasteiger partial charge in [-0.1, -0.05) is 24.3 Å². The maximum absolute atomic E-state index is 5.62. The van der Waals surface area contributed by atoms with Gasteiger partial charge in [-0.15, -0.1) is 0 Å². The van der Waals surface area contributed by atoms with Gasteiger partial charge in [0.05, 0.1) is 14.2 Å². The summed E-state index contributed by atoms with van der Waals surface area (Å²) < 4.78 is 11.2. The Balaban J connectivity index is 2.27. The van der Waals surface area contributed by atoms with Crippen molar-refractivity contribution in [2.45, 2.75) is 19.3 Å². The second-order valence-corrected chi connectivity index (χ2v) is 7.58. The van der Waals surface area contributed by atoms with Gasteiger partial charge in [0, 0.05) is 19.5 Å². The standard InChI is InChI=1S/C23H34N2O2/c1-24(2)13-11-18-7-9-22(26-5)20(15-18)17-21-16-19(12-14-25(3)4)8-10-23(21)27-6/h7-10,15-16H,11-14,17H2,1-6H3. The molecular formula is C23H34N2O2. The summed E-state index contributed by atoms with van der Waals surface area (Å²) in [6, 6.07) is 13.0. The number of likely N-dealkylation sites (N-methyl/N-ethyl adjacent to an activating group) is 2. The van der Waals surface area contributed by atoms with Crippen molar-refractivity contribution in [1.82, 2.24) is 9.80 Å². The Morgan fingerprint density at radius 3 is 1.41 bits per heavy atom. The summed E-state index contributed by atoms with van der Waals surface area (Å²) in [6.45, 7) is 2.07. The summed E-state index contributed by atoms with van der Waals surface area (Å²) >= 11 is 0. The van der Waals surface area contributed by atoms with Gasteiger partial charge in [-0.2, -0.15) is 0 Å². The van der Waals surface area contributed by atoms with Crippen LogP contribution in [0.1, 0.15) is 22.3 Å². The molecule has 4 nitrogen and oxygen atoms in total. The minimum absolute atomic E-state index is 0.804. The molecule has 0 heterocycles. The monoisotopic (exact) mass is 370 g/mol.